The van der Waals surface area contributed by atoms with E-state index in [4.69, 9.17) is 14.9 Å². The summed E-state index contributed by atoms with van der Waals surface area (Å²) in [6.07, 6.45) is -2.53. The number of aliphatic hydroxyl groups excluding tert-OH is 3. The Hall–Kier alpha value is -1.26. The number of nitrogens with zero attached hydrogens (tertiary/aromatic N) is 1. The molecule has 0 aliphatic carbocycles. The highest BCUT2D eigenvalue weighted by Crippen LogP contribution is 2.41. The van der Waals surface area contributed by atoms with Crippen LogP contribution in [-0.2, 0) is 4.74 Å². The molecule has 2 aliphatic rings. The average Bonchev–Trinajstić information content (AvgIpc) is 2.51. The summed E-state index contributed by atoms with van der Waals surface area (Å²) in [5.74, 6) is -2.88. The topological polar surface area (TPSA) is 122 Å². The first kappa shape index (κ1) is 14.2. The van der Waals surface area contributed by atoms with Crippen LogP contribution < -0.4 is 5.32 Å². The molecule has 1 unspecified atom stereocenters. The summed E-state index contributed by atoms with van der Waals surface area (Å²) >= 11 is 0. The number of alkyl halides is 1. The normalized spacial score (nSPS) is 46.5. The maximum Gasteiger partial charge on any atom is 0.325 e. The minimum atomic E-state index is -2.88. The summed E-state index contributed by atoms with van der Waals surface area (Å²) in [5, 5.41) is 39.9. The minimum absolute atomic E-state index is 0.785. The van der Waals surface area contributed by atoms with Gasteiger partial charge in [-0.15, -0.1) is 0 Å². The van der Waals surface area contributed by atoms with Crippen molar-refractivity contribution >= 4 is 6.03 Å². The average molecular weight is 278 g/mol. The van der Waals surface area contributed by atoms with E-state index >= 15 is 0 Å². The first-order valence-corrected chi connectivity index (χ1v) is 5.55. The van der Waals surface area contributed by atoms with Gasteiger partial charge in [-0.1, -0.05) is 0 Å². The van der Waals surface area contributed by atoms with Gasteiger partial charge in [-0.25, -0.2) is 9.18 Å². The molecule has 2 heterocycles. The van der Waals surface area contributed by atoms with E-state index in [2.05, 4.69) is 5.32 Å². The number of hydrogen-bond donors (Lipinski definition) is 5. The van der Waals surface area contributed by atoms with Gasteiger partial charge in [-0.3, -0.25) is 4.90 Å². The maximum absolute atomic E-state index is 14.0. The molecule has 1 fully saturated rings. The Labute approximate surface area is 107 Å². The number of aliphatic hydroxyl groups is 4. The molecule has 0 spiro atoms. The molecule has 8 nitrogen and oxygen atoms in total. The van der Waals surface area contributed by atoms with Gasteiger partial charge >= 0.3 is 6.03 Å². The van der Waals surface area contributed by atoms with Crippen molar-refractivity contribution in [2.45, 2.75) is 36.9 Å². The van der Waals surface area contributed by atoms with E-state index in [1.165, 1.54) is 6.08 Å². The Morgan fingerprint density at radius 3 is 2.68 bits per heavy atom. The SMILES string of the molecule is C[C@]1(O)[C@H](N2C=CC(O)NC2=O)O[C@](F)(CO)[C@H]1O. The van der Waals surface area contributed by atoms with Crippen molar-refractivity contribution in [2.24, 2.45) is 0 Å². The maximum atomic E-state index is 14.0. The molecule has 0 saturated carbocycles. The Balaban J connectivity index is 2.30. The Kier molecular flexibility index (Phi) is 3.27. The van der Waals surface area contributed by atoms with Crippen molar-refractivity contribution in [1.82, 2.24) is 10.2 Å². The molecular formula is C10H15FN2O6. The molecule has 5 atom stereocenters. The molecule has 9 heteroatoms. The largest absolute Gasteiger partial charge is 0.390 e. The molecule has 19 heavy (non-hydrogen) atoms. The van der Waals surface area contributed by atoms with Gasteiger partial charge in [0.05, 0.1) is 0 Å². The molecule has 2 aliphatic heterocycles. The van der Waals surface area contributed by atoms with Crippen LogP contribution >= 0.6 is 0 Å². The van der Waals surface area contributed by atoms with Crippen molar-refractivity contribution in [3.8, 4) is 0 Å². The molecule has 2 rings (SSSR count). The van der Waals surface area contributed by atoms with E-state index in [0.29, 0.717) is 0 Å². The number of carbonyl (C=O) groups is 1. The van der Waals surface area contributed by atoms with Gasteiger partial charge in [0.1, 0.15) is 24.5 Å². The lowest BCUT2D eigenvalue weighted by Crippen LogP contribution is -2.57. The molecule has 1 saturated heterocycles. The predicted octanol–water partition coefficient (Wildman–Crippen LogP) is -2.03. The summed E-state index contributed by atoms with van der Waals surface area (Å²) in [6, 6.07) is -0.838. The molecule has 0 bridgehead atoms. The van der Waals surface area contributed by atoms with Gasteiger partial charge in [0.25, 0.3) is 5.85 Å². The fraction of sp³-hybridized carbons (Fsp3) is 0.700. The van der Waals surface area contributed by atoms with Crippen LogP contribution in [0.1, 0.15) is 6.92 Å². The number of amides is 2. The number of ether oxygens (including phenoxy) is 1. The van der Waals surface area contributed by atoms with Crippen LogP contribution in [0.2, 0.25) is 0 Å². The van der Waals surface area contributed by atoms with Crippen molar-refractivity contribution in [3.63, 3.8) is 0 Å². The van der Waals surface area contributed by atoms with Gasteiger partial charge in [0.15, 0.2) is 6.23 Å². The number of hydrogen-bond acceptors (Lipinski definition) is 6. The molecule has 0 aromatic heterocycles. The van der Waals surface area contributed by atoms with E-state index in [9.17, 15) is 19.4 Å². The lowest BCUT2D eigenvalue weighted by atomic mass is 9.95. The highest BCUT2D eigenvalue weighted by atomic mass is 19.2. The Morgan fingerprint density at radius 2 is 2.21 bits per heavy atom. The number of carbonyl (C=O) groups excluding carboxylic acids is 1. The quantitative estimate of drug-likeness (QED) is 0.397. The molecule has 0 radical (unpaired) electrons. The van der Waals surface area contributed by atoms with E-state index < -0.39 is 42.7 Å². The summed E-state index contributed by atoms with van der Waals surface area (Å²) in [5.41, 5.74) is -2.14. The first-order valence-electron chi connectivity index (χ1n) is 5.55. The zero-order valence-corrected chi connectivity index (χ0v) is 10.0. The van der Waals surface area contributed by atoms with E-state index in [-0.39, 0.29) is 0 Å². The molecule has 2 amide bonds. The lowest BCUT2D eigenvalue weighted by molar-refractivity contribution is -0.208. The van der Waals surface area contributed by atoms with Gasteiger partial charge in [0, 0.05) is 6.20 Å². The highest BCUT2D eigenvalue weighted by molar-refractivity contribution is 5.77. The molecule has 0 aromatic carbocycles. The van der Waals surface area contributed by atoms with Crippen molar-refractivity contribution < 1.29 is 34.3 Å². The molecule has 0 aromatic rings. The van der Waals surface area contributed by atoms with Crippen LogP contribution in [0.3, 0.4) is 0 Å². The monoisotopic (exact) mass is 278 g/mol. The smallest absolute Gasteiger partial charge is 0.325 e. The van der Waals surface area contributed by atoms with Gasteiger partial charge in [-0.2, -0.15) is 0 Å². The summed E-state index contributed by atoms with van der Waals surface area (Å²) in [7, 11) is 0. The Morgan fingerprint density at radius 1 is 1.58 bits per heavy atom. The van der Waals surface area contributed by atoms with E-state index in [1.54, 1.807) is 0 Å². The number of urea groups is 1. The first-order chi connectivity index (χ1) is 8.72. The zero-order chi connectivity index (χ0) is 14.4. The third kappa shape index (κ3) is 2.09. The number of rotatable bonds is 2. The third-order valence-electron chi connectivity index (χ3n) is 3.17. The second-order valence-corrected chi connectivity index (χ2v) is 4.69. The van der Waals surface area contributed by atoms with Crippen molar-refractivity contribution in [2.75, 3.05) is 6.61 Å². The summed E-state index contributed by atoms with van der Waals surface area (Å²) in [6.45, 7) is -0.103. The number of halogens is 1. The second-order valence-electron chi connectivity index (χ2n) is 4.69. The number of nitrogens with one attached hydrogen (secondary N) is 1. The Bertz CT molecular complexity index is 417. The van der Waals surface area contributed by atoms with Gasteiger partial charge < -0.3 is 30.5 Å². The van der Waals surface area contributed by atoms with Crippen LogP contribution in [0, 0.1) is 0 Å². The van der Waals surface area contributed by atoms with Crippen molar-refractivity contribution in [3.05, 3.63) is 12.3 Å². The fourth-order valence-corrected chi connectivity index (χ4v) is 2.08. The highest BCUT2D eigenvalue weighted by Gasteiger charge is 2.64. The summed E-state index contributed by atoms with van der Waals surface area (Å²) in [4.78, 5) is 12.4. The molecular weight excluding hydrogens is 263 g/mol. The van der Waals surface area contributed by atoms with Crippen LogP contribution in [0.15, 0.2) is 12.3 Å². The second kappa shape index (κ2) is 4.39. The predicted molar refractivity (Wildman–Crippen MR) is 57.9 cm³/mol. The molecule has 108 valence electrons. The zero-order valence-electron chi connectivity index (χ0n) is 10.0. The lowest BCUT2D eigenvalue weighted by Gasteiger charge is -2.35. The van der Waals surface area contributed by atoms with Gasteiger partial charge in [-0.05, 0) is 13.0 Å². The summed E-state index contributed by atoms with van der Waals surface area (Å²) < 4.78 is 18.8. The van der Waals surface area contributed by atoms with Crippen molar-refractivity contribution in [1.29, 1.82) is 0 Å². The van der Waals surface area contributed by atoms with Crippen LogP contribution in [0.5, 0.6) is 0 Å². The minimum Gasteiger partial charge on any atom is -0.390 e. The third-order valence-corrected chi connectivity index (χ3v) is 3.17. The van der Waals surface area contributed by atoms with Crippen LogP contribution in [0.25, 0.3) is 0 Å². The standard InChI is InChI=1S/C10H15FN2O6/c1-9(18)6(16)10(11,4-14)19-7(9)13-3-2-5(15)12-8(13)17/h2-3,5-7,14-16,18H,4H2,1H3,(H,12,17)/t5?,6-,7+,9+,10+/m0/s1. The molecule has 5 N–H and O–H groups in total. The van der Waals surface area contributed by atoms with Gasteiger partial charge in [0.2, 0.25) is 0 Å². The van der Waals surface area contributed by atoms with E-state index in [1.807, 2.05) is 0 Å². The fourth-order valence-electron chi connectivity index (χ4n) is 2.08. The van der Waals surface area contributed by atoms with Crippen LogP contribution in [-0.4, -0.2) is 68.0 Å². The van der Waals surface area contributed by atoms with E-state index in [0.717, 1.165) is 18.0 Å². The van der Waals surface area contributed by atoms with Crippen LogP contribution in [0.4, 0.5) is 9.18 Å².